The maximum absolute atomic E-state index is 11.9. The van der Waals surface area contributed by atoms with Gasteiger partial charge in [-0.05, 0) is 39.2 Å². The van der Waals surface area contributed by atoms with E-state index in [9.17, 15) is 4.79 Å². The van der Waals surface area contributed by atoms with E-state index >= 15 is 0 Å². The molecule has 0 aliphatic heterocycles. The molecule has 2 aromatic heterocycles. The molecule has 0 fully saturated rings. The Balaban J connectivity index is 1.75. The molecule has 0 aliphatic carbocycles. The van der Waals surface area contributed by atoms with Crippen molar-refractivity contribution >= 4 is 11.6 Å². The lowest BCUT2D eigenvalue weighted by molar-refractivity contribution is -0.121. The summed E-state index contributed by atoms with van der Waals surface area (Å²) in [4.78, 5) is 11.9. The average molecular weight is 290 g/mol. The van der Waals surface area contributed by atoms with E-state index in [4.69, 9.17) is 5.73 Å². The lowest BCUT2D eigenvalue weighted by atomic mass is 10.1. The number of rotatable bonds is 6. The Kier molecular flexibility index (Phi) is 4.62. The van der Waals surface area contributed by atoms with Crippen molar-refractivity contribution in [1.82, 2.24) is 25.3 Å². The minimum atomic E-state index is -0.0514. The second-order valence-corrected chi connectivity index (χ2v) is 5.22. The molecular formula is C14H22N6O. The third kappa shape index (κ3) is 3.62. The third-order valence-corrected chi connectivity index (χ3v) is 3.61. The molecular weight excluding hydrogens is 268 g/mol. The third-order valence-electron chi connectivity index (χ3n) is 3.61. The molecule has 7 nitrogen and oxygen atoms in total. The largest absolute Gasteiger partial charge is 0.396 e. The maximum atomic E-state index is 11.9. The van der Waals surface area contributed by atoms with E-state index in [-0.39, 0.29) is 12.5 Å². The van der Waals surface area contributed by atoms with Crippen LogP contribution < -0.4 is 11.1 Å². The number of nitrogen functional groups attached to an aromatic ring is 1. The highest BCUT2D eigenvalue weighted by Crippen LogP contribution is 2.14. The molecule has 0 spiro atoms. The van der Waals surface area contributed by atoms with Crippen LogP contribution in [-0.2, 0) is 17.8 Å². The van der Waals surface area contributed by atoms with Crippen molar-refractivity contribution in [1.29, 1.82) is 0 Å². The Morgan fingerprint density at radius 2 is 2.19 bits per heavy atom. The van der Waals surface area contributed by atoms with Gasteiger partial charge in [-0.15, -0.1) is 0 Å². The summed E-state index contributed by atoms with van der Waals surface area (Å²) in [7, 11) is 0. The molecule has 0 atom stereocenters. The van der Waals surface area contributed by atoms with Gasteiger partial charge in [-0.1, -0.05) is 0 Å². The summed E-state index contributed by atoms with van der Waals surface area (Å²) in [6.45, 7) is 6.54. The van der Waals surface area contributed by atoms with Crippen LogP contribution >= 0.6 is 0 Å². The van der Waals surface area contributed by atoms with Crippen molar-refractivity contribution < 1.29 is 4.79 Å². The van der Waals surface area contributed by atoms with Crippen LogP contribution in [0.5, 0.6) is 0 Å². The van der Waals surface area contributed by atoms with Gasteiger partial charge in [-0.2, -0.15) is 10.2 Å². The highest BCUT2D eigenvalue weighted by molar-refractivity contribution is 5.75. The molecule has 0 aromatic carbocycles. The first-order valence-corrected chi connectivity index (χ1v) is 7.04. The van der Waals surface area contributed by atoms with Crippen molar-refractivity contribution in [3.8, 4) is 0 Å². The number of carbonyl (C=O) groups is 1. The van der Waals surface area contributed by atoms with Gasteiger partial charge in [0, 0.05) is 12.2 Å². The standard InChI is InChI=1S/C14H22N6O/c1-9-12(7-17-18-9)5-4-6-16-13(21)8-20-11(3)14(15)10(2)19-20/h7H,4-6,8,15H2,1-3H3,(H,16,21)(H,17,18). The van der Waals surface area contributed by atoms with Crippen LogP contribution in [0.4, 0.5) is 5.69 Å². The zero-order valence-corrected chi connectivity index (χ0v) is 12.7. The predicted octanol–water partition coefficient (Wildman–Crippen LogP) is 0.863. The van der Waals surface area contributed by atoms with Crippen LogP contribution in [0.3, 0.4) is 0 Å². The average Bonchev–Trinajstić information content (AvgIpc) is 2.95. The topological polar surface area (TPSA) is 102 Å². The summed E-state index contributed by atoms with van der Waals surface area (Å²) in [5, 5.41) is 14.0. The van der Waals surface area contributed by atoms with E-state index in [1.807, 2.05) is 27.0 Å². The second kappa shape index (κ2) is 6.43. The Morgan fingerprint density at radius 3 is 2.76 bits per heavy atom. The lowest BCUT2D eigenvalue weighted by Crippen LogP contribution is -2.29. The summed E-state index contributed by atoms with van der Waals surface area (Å²) in [6.07, 6.45) is 3.61. The fraction of sp³-hybridized carbons (Fsp3) is 0.500. The Morgan fingerprint density at radius 1 is 1.43 bits per heavy atom. The number of nitrogens with zero attached hydrogens (tertiary/aromatic N) is 3. The molecule has 0 saturated carbocycles. The number of nitrogens with one attached hydrogen (secondary N) is 2. The fourth-order valence-electron chi connectivity index (χ4n) is 2.19. The lowest BCUT2D eigenvalue weighted by Gasteiger charge is -2.06. The van der Waals surface area contributed by atoms with Gasteiger partial charge >= 0.3 is 0 Å². The Bertz CT molecular complexity index is 627. The number of H-pyrrole nitrogens is 1. The van der Waals surface area contributed by atoms with Crippen LogP contribution in [0.2, 0.25) is 0 Å². The highest BCUT2D eigenvalue weighted by atomic mass is 16.2. The normalized spacial score (nSPS) is 10.8. The zero-order chi connectivity index (χ0) is 15.4. The number of nitrogens with two attached hydrogens (primary N) is 1. The quantitative estimate of drug-likeness (QED) is 0.687. The first kappa shape index (κ1) is 15.1. The fourth-order valence-corrected chi connectivity index (χ4v) is 2.19. The van der Waals surface area contributed by atoms with Crippen molar-refractivity contribution in [2.24, 2.45) is 0 Å². The molecule has 4 N–H and O–H groups in total. The molecule has 2 rings (SSSR count). The molecule has 2 aromatic rings. The highest BCUT2D eigenvalue weighted by Gasteiger charge is 2.11. The molecule has 21 heavy (non-hydrogen) atoms. The van der Waals surface area contributed by atoms with Crippen molar-refractivity contribution in [3.05, 3.63) is 28.8 Å². The number of hydrogen-bond donors (Lipinski definition) is 3. The molecule has 0 aliphatic rings. The van der Waals surface area contributed by atoms with Gasteiger partial charge in [0.05, 0.1) is 23.3 Å². The number of amides is 1. The van der Waals surface area contributed by atoms with Gasteiger partial charge in [-0.25, -0.2) is 0 Å². The van der Waals surface area contributed by atoms with Crippen LogP contribution in [0.1, 0.15) is 29.1 Å². The van der Waals surface area contributed by atoms with Crippen molar-refractivity contribution in [2.75, 3.05) is 12.3 Å². The number of aryl methyl sites for hydroxylation is 3. The molecule has 1 amide bonds. The van der Waals surface area contributed by atoms with Crippen molar-refractivity contribution in [2.45, 2.75) is 40.2 Å². The van der Waals surface area contributed by atoms with Crippen LogP contribution in [0.15, 0.2) is 6.20 Å². The molecule has 114 valence electrons. The van der Waals surface area contributed by atoms with Crippen LogP contribution in [-0.4, -0.2) is 32.4 Å². The van der Waals surface area contributed by atoms with E-state index in [1.54, 1.807) is 4.68 Å². The van der Waals surface area contributed by atoms with E-state index in [2.05, 4.69) is 20.6 Å². The smallest absolute Gasteiger partial charge is 0.241 e. The number of aromatic nitrogens is 4. The molecule has 0 bridgehead atoms. The minimum absolute atomic E-state index is 0.0514. The Hall–Kier alpha value is -2.31. The Labute approximate surface area is 123 Å². The predicted molar refractivity (Wildman–Crippen MR) is 80.8 cm³/mol. The summed E-state index contributed by atoms with van der Waals surface area (Å²) in [5.74, 6) is -0.0514. The van der Waals surface area contributed by atoms with Gasteiger partial charge in [0.2, 0.25) is 5.91 Å². The minimum Gasteiger partial charge on any atom is -0.396 e. The number of hydrogen-bond acceptors (Lipinski definition) is 4. The van der Waals surface area contributed by atoms with Gasteiger partial charge in [-0.3, -0.25) is 14.6 Å². The van der Waals surface area contributed by atoms with Crippen LogP contribution in [0.25, 0.3) is 0 Å². The molecule has 7 heteroatoms. The first-order chi connectivity index (χ1) is 9.99. The zero-order valence-electron chi connectivity index (χ0n) is 12.7. The molecule has 0 saturated heterocycles. The number of anilines is 1. The van der Waals surface area contributed by atoms with Crippen LogP contribution in [0, 0.1) is 20.8 Å². The van der Waals surface area contributed by atoms with Gasteiger partial charge in [0.1, 0.15) is 6.54 Å². The van der Waals surface area contributed by atoms with Gasteiger partial charge < -0.3 is 11.1 Å². The van der Waals surface area contributed by atoms with Gasteiger partial charge in [0.15, 0.2) is 0 Å². The first-order valence-electron chi connectivity index (χ1n) is 7.04. The summed E-state index contributed by atoms with van der Waals surface area (Å²) in [5.41, 5.74) is 10.4. The maximum Gasteiger partial charge on any atom is 0.241 e. The summed E-state index contributed by atoms with van der Waals surface area (Å²) in [6, 6.07) is 0. The summed E-state index contributed by atoms with van der Waals surface area (Å²) >= 11 is 0. The number of carbonyl (C=O) groups excluding carboxylic acids is 1. The van der Waals surface area contributed by atoms with E-state index in [1.165, 1.54) is 5.56 Å². The molecule has 0 radical (unpaired) electrons. The molecule has 0 unspecified atom stereocenters. The van der Waals surface area contributed by atoms with E-state index < -0.39 is 0 Å². The monoisotopic (exact) mass is 290 g/mol. The second-order valence-electron chi connectivity index (χ2n) is 5.22. The SMILES string of the molecule is Cc1nn(CC(=O)NCCCc2cn[nH]c2C)c(C)c1N. The van der Waals surface area contributed by atoms with E-state index in [0.717, 1.165) is 29.9 Å². The molecule has 2 heterocycles. The van der Waals surface area contributed by atoms with Gasteiger partial charge in [0.25, 0.3) is 0 Å². The number of aromatic amines is 1. The van der Waals surface area contributed by atoms with E-state index in [0.29, 0.717) is 12.2 Å². The summed E-state index contributed by atoms with van der Waals surface area (Å²) < 4.78 is 1.64. The van der Waals surface area contributed by atoms with Crippen molar-refractivity contribution in [3.63, 3.8) is 0 Å².